The van der Waals surface area contributed by atoms with Gasteiger partial charge >= 0.3 is 0 Å². The van der Waals surface area contributed by atoms with Crippen LogP contribution >= 0.6 is 0 Å². The molecule has 0 radical (unpaired) electrons. The van der Waals surface area contributed by atoms with Gasteiger partial charge in [0, 0.05) is 49.9 Å². The highest BCUT2D eigenvalue weighted by molar-refractivity contribution is 6.12. The van der Waals surface area contributed by atoms with Crippen LogP contribution in [0.5, 0.6) is 0 Å². The fourth-order valence-corrected chi connectivity index (χ4v) is 9.32. The summed E-state index contributed by atoms with van der Waals surface area (Å²) in [6.07, 6.45) is 0. The Hall–Kier alpha value is -8.14. The lowest BCUT2D eigenvalue weighted by atomic mass is 9.97. The molecule has 61 heavy (non-hydrogen) atoms. The molecule has 0 unspecified atom stereocenters. The first-order chi connectivity index (χ1) is 30.2. The van der Waals surface area contributed by atoms with Crippen LogP contribution in [0.15, 0.2) is 235 Å². The van der Waals surface area contributed by atoms with Gasteiger partial charge in [-0.1, -0.05) is 164 Å². The molecule has 12 aromatic rings. The van der Waals surface area contributed by atoms with E-state index in [4.69, 9.17) is 4.42 Å². The topological polar surface area (TPSA) is 21.3 Å². The molecule has 286 valence electrons. The van der Waals surface area contributed by atoms with Crippen molar-refractivity contribution in [3.8, 4) is 39.1 Å². The van der Waals surface area contributed by atoms with Gasteiger partial charge in [-0.05, 0) is 105 Å². The maximum atomic E-state index is 6.79. The fraction of sp³-hybridized carbons (Fsp3) is 0. The largest absolute Gasteiger partial charge is 0.455 e. The zero-order valence-electron chi connectivity index (χ0n) is 33.2. The predicted octanol–water partition coefficient (Wildman–Crippen LogP) is 16.3. The summed E-state index contributed by atoms with van der Waals surface area (Å²) in [4.78, 5) is 2.38. The second-order valence-electron chi connectivity index (χ2n) is 15.7. The maximum Gasteiger partial charge on any atom is 0.143 e. The number of fused-ring (bicyclic) bond motifs is 7. The number of benzene rings is 10. The molecule has 10 aromatic carbocycles. The first-order valence-electron chi connectivity index (χ1n) is 20.8. The van der Waals surface area contributed by atoms with Crippen molar-refractivity contribution in [1.82, 2.24) is 4.57 Å². The van der Waals surface area contributed by atoms with Crippen molar-refractivity contribution in [3.63, 3.8) is 0 Å². The molecule has 0 aliphatic rings. The lowest BCUT2D eigenvalue weighted by Crippen LogP contribution is -2.10. The Morgan fingerprint density at radius 1 is 0.328 bits per heavy atom. The SMILES string of the molecule is c1ccc(-c2ccc(N(c3ccc(-c4cccc5ccccc45)cc3)c3cc(-c4cccc(-n5c6ccccc6c6ccccc65)c4)c4oc5ccccc5c4c3)cc2)cc1. The standard InChI is InChI=1S/C58H38N2O/c1-2-14-39(15-3-1)40-28-32-44(33-29-40)59(45-34-30-42(31-35-45)49-24-13-17-41-16-4-5-20-48(41)49)47-37-53(58-54(38-47)52-23-8-11-27-57(52)61-58)43-18-12-19-46(36-43)60-55-25-9-6-21-50(55)51-22-7-10-26-56(51)60/h1-38H. The van der Waals surface area contributed by atoms with Gasteiger partial charge in [0.15, 0.2) is 0 Å². The number of nitrogens with zero attached hydrogens (tertiary/aromatic N) is 2. The molecule has 3 nitrogen and oxygen atoms in total. The smallest absolute Gasteiger partial charge is 0.143 e. The van der Waals surface area contributed by atoms with Gasteiger partial charge in [-0.2, -0.15) is 0 Å². The van der Waals surface area contributed by atoms with E-state index in [-0.39, 0.29) is 0 Å². The van der Waals surface area contributed by atoms with E-state index in [0.29, 0.717) is 0 Å². The molecule has 3 heteroatoms. The molecule has 0 atom stereocenters. The van der Waals surface area contributed by atoms with Crippen molar-refractivity contribution in [2.24, 2.45) is 0 Å². The van der Waals surface area contributed by atoms with Crippen molar-refractivity contribution < 1.29 is 4.42 Å². The van der Waals surface area contributed by atoms with Gasteiger partial charge in [-0.15, -0.1) is 0 Å². The Morgan fingerprint density at radius 3 is 1.62 bits per heavy atom. The number of anilines is 3. The van der Waals surface area contributed by atoms with Crippen LogP contribution in [0.25, 0.3) is 93.6 Å². The van der Waals surface area contributed by atoms with E-state index in [1.54, 1.807) is 0 Å². The molecule has 2 heterocycles. The third kappa shape index (κ3) is 5.90. The van der Waals surface area contributed by atoms with Crippen LogP contribution in [0.3, 0.4) is 0 Å². The molecule has 0 saturated heterocycles. The summed E-state index contributed by atoms with van der Waals surface area (Å²) in [6.45, 7) is 0. The van der Waals surface area contributed by atoms with Crippen LogP contribution in [0.1, 0.15) is 0 Å². The molecular weight excluding hydrogens is 741 g/mol. The van der Waals surface area contributed by atoms with Gasteiger partial charge in [0.05, 0.1) is 11.0 Å². The van der Waals surface area contributed by atoms with E-state index in [1.165, 1.54) is 54.8 Å². The van der Waals surface area contributed by atoms with Gasteiger partial charge in [0.2, 0.25) is 0 Å². The van der Waals surface area contributed by atoms with E-state index in [2.05, 4.69) is 234 Å². The minimum Gasteiger partial charge on any atom is -0.455 e. The van der Waals surface area contributed by atoms with Gasteiger partial charge in [-0.3, -0.25) is 0 Å². The zero-order chi connectivity index (χ0) is 40.3. The average molecular weight is 779 g/mol. The molecule has 0 bridgehead atoms. The Bertz CT molecular complexity index is 3520. The third-order valence-corrected chi connectivity index (χ3v) is 12.2. The molecule has 0 aliphatic heterocycles. The number of aromatic nitrogens is 1. The summed E-state index contributed by atoms with van der Waals surface area (Å²) in [7, 11) is 0. The first kappa shape index (κ1) is 34.9. The molecule has 2 aromatic heterocycles. The van der Waals surface area contributed by atoms with Crippen LogP contribution in [0, 0.1) is 0 Å². The summed E-state index contributed by atoms with van der Waals surface area (Å²) in [5, 5.41) is 7.13. The van der Waals surface area contributed by atoms with E-state index in [1.807, 2.05) is 6.07 Å². The first-order valence-corrected chi connectivity index (χ1v) is 20.8. The van der Waals surface area contributed by atoms with Crippen LogP contribution in [-0.4, -0.2) is 4.57 Å². The normalized spacial score (nSPS) is 11.6. The minimum atomic E-state index is 0.868. The van der Waals surface area contributed by atoms with Gasteiger partial charge in [0.25, 0.3) is 0 Å². The monoisotopic (exact) mass is 778 g/mol. The summed E-state index contributed by atoms with van der Waals surface area (Å²) in [5.74, 6) is 0. The van der Waals surface area contributed by atoms with Crippen molar-refractivity contribution in [2.75, 3.05) is 4.90 Å². The molecule has 0 fully saturated rings. The second-order valence-corrected chi connectivity index (χ2v) is 15.7. The van der Waals surface area contributed by atoms with Gasteiger partial charge < -0.3 is 13.9 Å². The van der Waals surface area contributed by atoms with E-state index in [9.17, 15) is 0 Å². The Morgan fingerprint density at radius 2 is 0.885 bits per heavy atom. The molecule has 0 N–H and O–H groups in total. The molecule has 0 spiro atoms. The summed E-state index contributed by atoms with van der Waals surface area (Å²) >= 11 is 0. The quantitative estimate of drug-likeness (QED) is 0.161. The van der Waals surface area contributed by atoms with Crippen molar-refractivity contribution in [1.29, 1.82) is 0 Å². The minimum absolute atomic E-state index is 0.868. The van der Waals surface area contributed by atoms with Gasteiger partial charge in [0.1, 0.15) is 11.2 Å². The molecular formula is C58H38N2O. The average Bonchev–Trinajstić information content (AvgIpc) is 3.88. The van der Waals surface area contributed by atoms with Crippen molar-refractivity contribution in [2.45, 2.75) is 0 Å². The van der Waals surface area contributed by atoms with E-state index < -0.39 is 0 Å². The Kier molecular flexibility index (Phi) is 8.17. The Balaban J connectivity index is 1.06. The zero-order valence-corrected chi connectivity index (χ0v) is 33.2. The third-order valence-electron chi connectivity index (χ3n) is 12.2. The van der Waals surface area contributed by atoms with Crippen LogP contribution < -0.4 is 4.90 Å². The second kappa shape index (κ2) is 14.3. The molecule has 12 rings (SSSR count). The van der Waals surface area contributed by atoms with E-state index >= 15 is 0 Å². The molecule has 0 saturated carbocycles. The Labute approximate surface area is 353 Å². The lowest BCUT2D eigenvalue weighted by molar-refractivity contribution is 0.670. The lowest BCUT2D eigenvalue weighted by Gasteiger charge is -2.27. The number of hydrogen-bond donors (Lipinski definition) is 0. The van der Waals surface area contributed by atoms with Crippen molar-refractivity contribution in [3.05, 3.63) is 231 Å². The number of furan rings is 1. The van der Waals surface area contributed by atoms with Crippen LogP contribution in [-0.2, 0) is 0 Å². The summed E-state index contributed by atoms with van der Waals surface area (Å²) in [5.41, 5.74) is 15.3. The highest BCUT2D eigenvalue weighted by atomic mass is 16.3. The van der Waals surface area contributed by atoms with Crippen LogP contribution in [0.4, 0.5) is 17.1 Å². The maximum absolute atomic E-state index is 6.79. The summed E-state index contributed by atoms with van der Waals surface area (Å²) in [6, 6.07) is 82.9. The fourth-order valence-electron chi connectivity index (χ4n) is 9.32. The summed E-state index contributed by atoms with van der Waals surface area (Å²) < 4.78 is 9.18. The molecule has 0 amide bonds. The number of rotatable bonds is 7. The number of para-hydroxylation sites is 3. The van der Waals surface area contributed by atoms with Crippen LogP contribution in [0.2, 0.25) is 0 Å². The number of hydrogen-bond acceptors (Lipinski definition) is 2. The highest BCUT2D eigenvalue weighted by Gasteiger charge is 2.21. The van der Waals surface area contributed by atoms with Gasteiger partial charge in [-0.25, -0.2) is 0 Å². The van der Waals surface area contributed by atoms with Crippen molar-refractivity contribution >= 4 is 71.6 Å². The molecule has 0 aliphatic carbocycles. The predicted molar refractivity (Wildman–Crippen MR) is 257 cm³/mol. The van der Waals surface area contributed by atoms with E-state index in [0.717, 1.165) is 55.8 Å². The highest BCUT2D eigenvalue weighted by Crippen LogP contribution is 2.45.